The first-order valence-corrected chi connectivity index (χ1v) is 8.77. The fourth-order valence-corrected chi connectivity index (χ4v) is 3.36. The maximum Gasteiger partial charge on any atom is 0.0294 e. The molecule has 0 radical (unpaired) electrons. The maximum atomic E-state index is 3.76. The Hall–Kier alpha value is -0.860. The second-order valence-electron chi connectivity index (χ2n) is 6.62. The van der Waals surface area contributed by atoms with E-state index in [1.807, 2.05) is 0 Å². The predicted molar refractivity (Wildman–Crippen MR) is 91.7 cm³/mol. The van der Waals surface area contributed by atoms with Crippen molar-refractivity contribution in [3.05, 3.63) is 35.4 Å². The lowest BCUT2D eigenvalue weighted by Crippen LogP contribution is -2.37. The molecule has 2 heteroatoms. The van der Waals surface area contributed by atoms with Crippen LogP contribution in [-0.2, 0) is 6.42 Å². The third kappa shape index (κ3) is 5.44. The molecule has 2 N–H and O–H groups in total. The molecule has 1 aliphatic rings. The number of rotatable bonds is 6. The Morgan fingerprint density at radius 3 is 2.62 bits per heavy atom. The molecule has 2 rings (SSSR count). The summed E-state index contributed by atoms with van der Waals surface area (Å²) in [5, 5.41) is 7.46. The molecule has 21 heavy (non-hydrogen) atoms. The highest BCUT2D eigenvalue weighted by atomic mass is 15.0. The summed E-state index contributed by atoms with van der Waals surface area (Å²) in [6.07, 6.45) is 7.82. The van der Waals surface area contributed by atoms with Gasteiger partial charge < -0.3 is 10.6 Å². The summed E-state index contributed by atoms with van der Waals surface area (Å²) in [4.78, 5) is 0. The van der Waals surface area contributed by atoms with E-state index in [-0.39, 0.29) is 0 Å². The molecule has 3 atom stereocenters. The second-order valence-corrected chi connectivity index (χ2v) is 6.62. The quantitative estimate of drug-likeness (QED) is 0.819. The molecule has 1 fully saturated rings. The van der Waals surface area contributed by atoms with E-state index in [0.717, 1.165) is 6.42 Å². The Kier molecular flexibility index (Phi) is 6.72. The first-order chi connectivity index (χ1) is 10.2. The highest BCUT2D eigenvalue weighted by Gasteiger charge is 2.16. The van der Waals surface area contributed by atoms with Crippen LogP contribution in [0.3, 0.4) is 0 Å². The van der Waals surface area contributed by atoms with Gasteiger partial charge in [0, 0.05) is 18.1 Å². The van der Waals surface area contributed by atoms with Gasteiger partial charge in [0.2, 0.25) is 0 Å². The van der Waals surface area contributed by atoms with E-state index in [9.17, 15) is 0 Å². The Balaban J connectivity index is 1.81. The summed E-state index contributed by atoms with van der Waals surface area (Å²) in [6.45, 7) is 8.01. The first kappa shape index (κ1) is 16.5. The Labute approximate surface area is 130 Å². The molecule has 2 nitrogen and oxygen atoms in total. The van der Waals surface area contributed by atoms with E-state index in [4.69, 9.17) is 0 Å². The topological polar surface area (TPSA) is 24.1 Å². The number of nitrogens with one attached hydrogen (secondary N) is 2. The van der Waals surface area contributed by atoms with Crippen LogP contribution in [0.2, 0.25) is 0 Å². The number of benzene rings is 1. The van der Waals surface area contributed by atoms with E-state index in [0.29, 0.717) is 18.1 Å². The SMILES string of the molecule is CCc1ccc(C(C)NC(C)CC2CCCCCN2)cc1. The van der Waals surface area contributed by atoms with Gasteiger partial charge in [-0.2, -0.15) is 0 Å². The monoisotopic (exact) mass is 288 g/mol. The van der Waals surface area contributed by atoms with Gasteiger partial charge in [0.1, 0.15) is 0 Å². The van der Waals surface area contributed by atoms with Gasteiger partial charge in [-0.25, -0.2) is 0 Å². The molecular weight excluding hydrogens is 256 g/mol. The summed E-state index contributed by atoms with van der Waals surface area (Å²) in [6, 6.07) is 10.7. The van der Waals surface area contributed by atoms with Crippen LogP contribution in [0.1, 0.15) is 70.0 Å². The largest absolute Gasteiger partial charge is 0.314 e. The van der Waals surface area contributed by atoms with E-state index in [2.05, 4.69) is 55.7 Å². The van der Waals surface area contributed by atoms with E-state index in [1.165, 1.54) is 49.8 Å². The molecule has 1 aliphatic heterocycles. The smallest absolute Gasteiger partial charge is 0.0294 e. The van der Waals surface area contributed by atoms with Gasteiger partial charge in [0.15, 0.2) is 0 Å². The molecule has 1 heterocycles. The molecule has 1 aromatic carbocycles. The van der Waals surface area contributed by atoms with Crippen molar-refractivity contribution in [2.75, 3.05) is 6.54 Å². The van der Waals surface area contributed by atoms with Gasteiger partial charge in [-0.15, -0.1) is 0 Å². The van der Waals surface area contributed by atoms with Crippen molar-refractivity contribution < 1.29 is 0 Å². The van der Waals surface area contributed by atoms with Gasteiger partial charge in [-0.05, 0) is 57.2 Å². The van der Waals surface area contributed by atoms with Crippen molar-refractivity contribution in [3.8, 4) is 0 Å². The van der Waals surface area contributed by atoms with Crippen molar-refractivity contribution in [1.29, 1.82) is 0 Å². The lowest BCUT2D eigenvalue weighted by Gasteiger charge is -2.25. The van der Waals surface area contributed by atoms with E-state index >= 15 is 0 Å². The molecular formula is C19H32N2. The molecule has 0 bridgehead atoms. The van der Waals surface area contributed by atoms with Crippen LogP contribution < -0.4 is 10.6 Å². The summed E-state index contributed by atoms with van der Waals surface area (Å²) >= 11 is 0. The summed E-state index contributed by atoms with van der Waals surface area (Å²) < 4.78 is 0. The van der Waals surface area contributed by atoms with E-state index in [1.54, 1.807) is 0 Å². The van der Waals surface area contributed by atoms with Crippen molar-refractivity contribution in [3.63, 3.8) is 0 Å². The predicted octanol–water partition coefficient (Wildman–Crippen LogP) is 4.21. The van der Waals surface area contributed by atoms with Crippen LogP contribution in [0.15, 0.2) is 24.3 Å². The Morgan fingerprint density at radius 1 is 1.14 bits per heavy atom. The van der Waals surface area contributed by atoms with Gasteiger partial charge >= 0.3 is 0 Å². The minimum absolute atomic E-state index is 0.427. The van der Waals surface area contributed by atoms with Crippen LogP contribution in [0.25, 0.3) is 0 Å². The first-order valence-electron chi connectivity index (χ1n) is 8.77. The normalized spacial score (nSPS) is 22.5. The van der Waals surface area contributed by atoms with Crippen molar-refractivity contribution in [2.45, 2.75) is 77.4 Å². The molecule has 0 spiro atoms. The van der Waals surface area contributed by atoms with Crippen molar-refractivity contribution >= 4 is 0 Å². The van der Waals surface area contributed by atoms with E-state index < -0.39 is 0 Å². The average molecular weight is 288 g/mol. The van der Waals surface area contributed by atoms with Crippen LogP contribution in [0.4, 0.5) is 0 Å². The maximum absolute atomic E-state index is 3.76. The Morgan fingerprint density at radius 2 is 1.90 bits per heavy atom. The highest BCUT2D eigenvalue weighted by Crippen LogP contribution is 2.17. The van der Waals surface area contributed by atoms with Gasteiger partial charge in [-0.3, -0.25) is 0 Å². The lowest BCUT2D eigenvalue weighted by atomic mass is 10.0. The van der Waals surface area contributed by atoms with Gasteiger partial charge in [-0.1, -0.05) is 44.0 Å². The Bertz CT molecular complexity index is 391. The van der Waals surface area contributed by atoms with Gasteiger partial charge in [0.05, 0.1) is 0 Å². The lowest BCUT2D eigenvalue weighted by molar-refractivity contribution is 0.380. The van der Waals surface area contributed by atoms with Gasteiger partial charge in [0.25, 0.3) is 0 Å². The summed E-state index contributed by atoms with van der Waals surface area (Å²) in [7, 11) is 0. The van der Waals surface area contributed by atoms with Crippen molar-refractivity contribution in [1.82, 2.24) is 10.6 Å². The van der Waals surface area contributed by atoms with Crippen LogP contribution in [-0.4, -0.2) is 18.6 Å². The zero-order valence-electron chi connectivity index (χ0n) is 14.0. The fourth-order valence-electron chi connectivity index (χ4n) is 3.36. The van der Waals surface area contributed by atoms with Crippen LogP contribution in [0.5, 0.6) is 0 Å². The van der Waals surface area contributed by atoms with Crippen LogP contribution >= 0.6 is 0 Å². The highest BCUT2D eigenvalue weighted by molar-refractivity contribution is 5.24. The molecule has 0 aromatic heterocycles. The zero-order valence-corrected chi connectivity index (χ0v) is 14.0. The zero-order chi connectivity index (χ0) is 15.1. The van der Waals surface area contributed by atoms with Crippen LogP contribution in [0, 0.1) is 0 Å². The molecule has 1 aromatic rings. The third-order valence-electron chi connectivity index (χ3n) is 4.72. The number of hydrogen-bond donors (Lipinski definition) is 2. The molecule has 0 amide bonds. The molecule has 3 unspecified atom stereocenters. The minimum atomic E-state index is 0.427. The summed E-state index contributed by atoms with van der Waals surface area (Å²) in [5.41, 5.74) is 2.81. The average Bonchev–Trinajstić information content (AvgIpc) is 2.75. The minimum Gasteiger partial charge on any atom is -0.314 e. The molecule has 1 saturated heterocycles. The molecule has 0 saturated carbocycles. The molecule has 0 aliphatic carbocycles. The number of hydrogen-bond acceptors (Lipinski definition) is 2. The number of aryl methyl sites for hydroxylation is 1. The standard InChI is InChI=1S/C19H32N2/c1-4-17-9-11-18(12-10-17)16(3)21-15(2)14-19-8-6-5-7-13-20-19/h9-12,15-16,19-21H,4-8,13-14H2,1-3H3. The molecule has 118 valence electrons. The fraction of sp³-hybridized carbons (Fsp3) is 0.684. The van der Waals surface area contributed by atoms with Crippen molar-refractivity contribution in [2.24, 2.45) is 0 Å². The second kappa shape index (κ2) is 8.55. The third-order valence-corrected chi connectivity index (χ3v) is 4.72. The summed E-state index contributed by atoms with van der Waals surface area (Å²) in [5.74, 6) is 0.